The average Bonchev–Trinajstić information content (AvgIpc) is 2.26. The second kappa shape index (κ2) is 8.74. The molecule has 0 spiro atoms. The minimum absolute atomic E-state index is 0.108. The first-order valence-corrected chi connectivity index (χ1v) is 5.98. The first-order chi connectivity index (χ1) is 7.54. The maximum Gasteiger partial charge on any atom is 0.0700 e. The molecule has 0 radical (unpaired) electrons. The van der Waals surface area contributed by atoms with Crippen molar-refractivity contribution in [1.29, 1.82) is 0 Å². The van der Waals surface area contributed by atoms with Crippen LogP contribution in [0, 0.1) is 5.41 Å². The van der Waals surface area contributed by atoms with Gasteiger partial charge in [0.05, 0.1) is 13.2 Å². The number of hydrogen-bond acceptors (Lipinski definition) is 3. The fourth-order valence-electron chi connectivity index (χ4n) is 1.25. The first-order valence-electron chi connectivity index (χ1n) is 5.98. The van der Waals surface area contributed by atoms with Gasteiger partial charge in [0.1, 0.15) is 0 Å². The lowest BCUT2D eigenvalue weighted by Gasteiger charge is -2.27. The van der Waals surface area contributed by atoms with Crippen LogP contribution in [0.1, 0.15) is 27.2 Å². The molecule has 1 atom stereocenters. The molecule has 0 aliphatic carbocycles. The van der Waals surface area contributed by atoms with Crippen molar-refractivity contribution in [1.82, 2.24) is 5.32 Å². The van der Waals surface area contributed by atoms with E-state index in [2.05, 4.69) is 32.7 Å². The summed E-state index contributed by atoms with van der Waals surface area (Å²) in [5, 5.41) is 3.44. The summed E-state index contributed by atoms with van der Waals surface area (Å²) in [4.78, 5) is 0. The van der Waals surface area contributed by atoms with Gasteiger partial charge in [0.2, 0.25) is 0 Å². The third-order valence-corrected chi connectivity index (χ3v) is 2.66. The number of rotatable bonds is 10. The Labute approximate surface area is 100 Å². The summed E-state index contributed by atoms with van der Waals surface area (Å²) in [5.41, 5.74) is 0.108. The largest absolute Gasteiger partial charge is 0.382 e. The van der Waals surface area contributed by atoms with E-state index in [9.17, 15) is 0 Å². The van der Waals surface area contributed by atoms with Gasteiger partial charge in [-0.2, -0.15) is 0 Å². The van der Waals surface area contributed by atoms with Crippen LogP contribution in [0.25, 0.3) is 0 Å². The van der Waals surface area contributed by atoms with Crippen LogP contribution < -0.4 is 5.32 Å². The Morgan fingerprint density at radius 1 is 1.31 bits per heavy atom. The molecule has 1 unspecified atom stereocenters. The normalized spacial score (nSPS) is 15.1. The van der Waals surface area contributed by atoms with E-state index in [0.29, 0.717) is 19.3 Å². The molecule has 1 N–H and O–H groups in total. The smallest absolute Gasteiger partial charge is 0.0700 e. The second-order valence-corrected chi connectivity index (χ2v) is 4.75. The Kier molecular flexibility index (Phi) is 8.53. The molecule has 3 heteroatoms. The molecule has 0 heterocycles. The molecule has 0 bridgehead atoms. The SMILES string of the molecule is C=CC(C)(CCOCCOC)CNC(C)C. The van der Waals surface area contributed by atoms with Gasteiger partial charge in [-0.05, 0) is 11.8 Å². The summed E-state index contributed by atoms with van der Waals surface area (Å²) in [6, 6.07) is 0.508. The molecular weight excluding hydrogens is 202 g/mol. The van der Waals surface area contributed by atoms with Crippen LogP contribution in [0.2, 0.25) is 0 Å². The Balaban J connectivity index is 3.74. The van der Waals surface area contributed by atoms with Gasteiger partial charge < -0.3 is 14.8 Å². The molecule has 0 amide bonds. The van der Waals surface area contributed by atoms with Crippen LogP contribution >= 0.6 is 0 Å². The van der Waals surface area contributed by atoms with E-state index < -0.39 is 0 Å². The second-order valence-electron chi connectivity index (χ2n) is 4.75. The molecule has 96 valence electrons. The Bertz CT molecular complexity index is 183. The third kappa shape index (κ3) is 7.85. The summed E-state index contributed by atoms with van der Waals surface area (Å²) < 4.78 is 10.4. The van der Waals surface area contributed by atoms with Crippen molar-refractivity contribution in [3.8, 4) is 0 Å². The molecule has 0 fully saturated rings. The number of hydrogen-bond donors (Lipinski definition) is 1. The molecule has 3 nitrogen and oxygen atoms in total. The van der Waals surface area contributed by atoms with Gasteiger partial charge in [-0.25, -0.2) is 0 Å². The quantitative estimate of drug-likeness (QED) is 0.460. The van der Waals surface area contributed by atoms with E-state index in [-0.39, 0.29) is 5.41 Å². The maximum absolute atomic E-state index is 5.48. The predicted molar refractivity (Wildman–Crippen MR) is 68.8 cm³/mol. The molecule has 0 aliphatic rings. The minimum Gasteiger partial charge on any atom is -0.382 e. The van der Waals surface area contributed by atoms with Crippen molar-refractivity contribution < 1.29 is 9.47 Å². The van der Waals surface area contributed by atoms with E-state index in [4.69, 9.17) is 9.47 Å². The highest BCUT2D eigenvalue weighted by molar-refractivity contribution is 4.93. The zero-order valence-corrected chi connectivity index (χ0v) is 11.2. The highest BCUT2D eigenvalue weighted by atomic mass is 16.5. The van der Waals surface area contributed by atoms with Crippen molar-refractivity contribution in [2.75, 3.05) is 33.5 Å². The van der Waals surface area contributed by atoms with E-state index in [1.165, 1.54) is 0 Å². The first kappa shape index (κ1) is 15.6. The predicted octanol–water partition coefficient (Wildman–Crippen LogP) is 2.23. The van der Waals surface area contributed by atoms with Crippen LogP contribution in [0.3, 0.4) is 0 Å². The summed E-state index contributed by atoms with van der Waals surface area (Å²) in [6.45, 7) is 13.4. The van der Waals surface area contributed by atoms with Crippen LogP contribution in [-0.2, 0) is 9.47 Å². The summed E-state index contributed by atoms with van der Waals surface area (Å²) in [5.74, 6) is 0. The molecule has 0 aliphatic heterocycles. The average molecular weight is 229 g/mol. The maximum atomic E-state index is 5.48. The third-order valence-electron chi connectivity index (χ3n) is 2.66. The minimum atomic E-state index is 0.108. The Morgan fingerprint density at radius 2 is 2.00 bits per heavy atom. The van der Waals surface area contributed by atoms with Crippen molar-refractivity contribution in [3.05, 3.63) is 12.7 Å². The van der Waals surface area contributed by atoms with Crippen molar-refractivity contribution in [2.24, 2.45) is 5.41 Å². The summed E-state index contributed by atoms with van der Waals surface area (Å²) in [6.07, 6.45) is 3.00. The lowest BCUT2D eigenvalue weighted by atomic mass is 9.87. The highest BCUT2D eigenvalue weighted by Gasteiger charge is 2.19. The fourth-order valence-corrected chi connectivity index (χ4v) is 1.25. The number of methoxy groups -OCH3 is 1. The van der Waals surface area contributed by atoms with Crippen molar-refractivity contribution >= 4 is 0 Å². The Morgan fingerprint density at radius 3 is 2.50 bits per heavy atom. The molecular formula is C13H27NO2. The van der Waals surface area contributed by atoms with E-state index in [1.54, 1.807) is 7.11 Å². The van der Waals surface area contributed by atoms with E-state index >= 15 is 0 Å². The zero-order chi connectivity index (χ0) is 12.4. The number of nitrogens with one attached hydrogen (secondary N) is 1. The van der Waals surface area contributed by atoms with Crippen molar-refractivity contribution in [2.45, 2.75) is 33.2 Å². The van der Waals surface area contributed by atoms with Crippen LogP contribution in [0.4, 0.5) is 0 Å². The lowest BCUT2D eigenvalue weighted by Crippen LogP contribution is -2.35. The van der Waals surface area contributed by atoms with Crippen molar-refractivity contribution in [3.63, 3.8) is 0 Å². The van der Waals surface area contributed by atoms with Gasteiger partial charge >= 0.3 is 0 Å². The molecule has 0 aromatic heterocycles. The van der Waals surface area contributed by atoms with Gasteiger partial charge in [-0.1, -0.05) is 26.8 Å². The molecule has 0 aromatic carbocycles. The monoisotopic (exact) mass is 229 g/mol. The van der Waals surface area contributed by atoms with Crippen LogP contribution in [-0.4, -0.2) is 39.5 Å². The van der Waals surface area contributed by atoms with E-state index in [1.807, 2.05) is 6.08 Å². The number of ether oxygens (including phenoxy) is 2. The summed E-state index contributed by atoms with van der Waals surface area (Å²) in [7, 11) is 1.68. The Hall–Kier alpha value is -0.380. The van der Waals surface area contributed by atoms with Gasteiger partial charge in [-0.3, -0.25) is 0 Å². The highest BCUT2D eigenvalue weighted by Crippen LogP contribution is 2.21. The van der Waals surface area contributed by atoms with Crippen LogP contribution in [0.15, 0.2) is 12.7 Å². The molecule has 0 aromatic rings. The zero-order valence-electron chi connectivity index (χ0n) is 11.2. The topological polar surface area (TPSA) is 30.5 Å². The fraction of sp³-hybridized carbons (Fsp3) is 0.846. The van der Waals surface area contributed by atoms with Gasteiger partial charge in [0, 0.05) is 26.3 Å². The standard InChI is InChI=1S/C13H27NO2/c1-6-13(4,11-14-12(2)3)7-8-16-10-9-15-5/h6,12,14H,1,7-11H2,2-5H3. The van der Waals surface area contributed by atoms with E-state index in [0.717, 1.165) is 19.6 Å². The van der Waals surface area contributed by atoms with Crippen LogP contribution in [0.5, 0.6) is 0 Å². The molecule has 0 saturated carbocycles. The summed E-state index contributed by atoms with van der Waals surface area (Å²) >= 11 is 0. The van der Waals surface area contributed by atoms with Gasteiger partial charge in [-0.15, -0.1) is 6.58 Å². The molecule has 0 saturated heterocycles. The molecule has 16 heavy (non-hydrogen) atoms. The van der Waals surface area contributed by atoms with Gasteiger partial charge in [0.15, 0.2) is 0 Å². The molecule has 0 rings (SSSR count). The van der Waals surface area contributed by atoms with Gasteiger partial charge in [0.25, 0.3) is 0 Å². The lowest BCUT2D eigenvalue weighted by molar-refractivity contribution is 0.0588.